The third kappa shape index (κ3) is 3.69. The molecule has 2 aromatic rings. The van der Waals surface area contributed by atoms with Gasteiger partial charge in [0.15, 0.2) is 17.3 Å². The highest BCUT2D eigenvalue weighted by Crippen LogP contribution is 2.36. The molecule has 1 heterocycles. The van der Waals surface area contributed by atoms with E-state index in [1.807, 2.05) is 0 Å². The number of anilines is 1. The molecule has 0 unspecified atom stereocenters. The molecule has 128 valence electrons. The Hall–Kier alpha value is -2.09. The zero-order valence-corrected chi connectivity index (χ0v) is 14.0. The lowest BCUT2D eigenvalue weighted by Gasteiger charge is -2.13. The Bertz CT molecular complexity index is 787. The van der Waals surface area contributed by atoms with Gasteiger partial charge in [0.1, 0.15) is 6.61 Å². The van der Waals surface area contributed by atoms with Crippen LogP contribution in [0.1, 0.15) is 10.5 Å². The highest BCUT2D eigenvalue weighted by atomic mass is 35.5. The summed E-state index contributed by atoms with van der Waals surface area (Å²) < 4.78 is 24.8. The van der Waals surface area contributed by atoms with Crippen LogP contribution >= 0.6 is 23.2 Å². The number of carboxylic acid groups (broad SMARTS) is 1. The Labute approximate surface area is 146 Å². The topological polar surface area (TPSA) is 94.7 Å². The van der Waals surface area contributed by atoms with Gasteiger partial charge in [-0.05, 0) is 18.2 Å². The first kappa shape index (κ1) is 18.3. The molecule has 0 amide bonds. The number of nitrogens with zero attached hydrogens (tertiary/aromatic N) is 1. The molecule has 6 nitrogen and oxygen atoms in total. The number of nitrogen functional groups attached to an aromatic ring is 1. The van der Waals surface area contributed by atoms with Crippen molar-refractivity contribution in [3.05, 3.63) is 39.8 Å². The van der Waals surface area contributed by atoms with Crippen LogP contribution in [0.25, 0.3) is 11.3 Å². The van der Waals surface area contributed by atoms with Gasteiger partial charge in [-0.3, -0.25) is 0 Å². The summed E-state index contributed by atoms with van der Waals surface area (Å²) in [6, 6.07) is 4.04. The number of methoxy groups -OCH3 is 1. The van der Waals surface area contributed by atoms with Crippen molar-refractivity contribution < 1.29 is 23.8 Å². The molecule has 0 spiro atoms. The number of nitrogens with two attached hydrogens (primary N) is 1. The number of halogens is 3. The van der Waals surface area contributed by atoms with E-state index in [1.54, 1.807) is 0 Å². The van der Waals surface area contributed by atoms with E-state index < -0.39 is 17.5 Å². The first-order valence-electron chi connectivity index (χ1n) is 6.66. The minimum Gasteiger partial charge on any atom is -0.487 e. The number of pyridine rings is 1. The summed E-state index contributed by atoms with van der Waals surface area (Å²) in [5, 5.41) is 8.97. The molecular formula is C15H13Cl2FN2O4. The number of aromatic carboxylic acids is 1. The monoisotopic (exact) mass is 374 g/mol. The Morgan fingerprint density at radius 3 is 2.71 bits per heavy atom. The number of aromatic nitrogens is 1. The van der Waals surface area contributed by atoms with Crippen LogP contribution in [0.2, 0.25) is 10.0 Å². The molecule has 0 aliphatic rings. The summed E-state index contributed by atoms with van der Waals surface area (Å²) in [5.74, 6) is -2.35. The summed E-state index contributed by atoms with van der Waals surface area (Å²) in [6.07, 6.45) is 0. The van der Waals surface area contributed by atoms with Crippen LogP contribution < -0.4 is 10.5 Å². The maximum atomic E-state index is 14.7. The number of ether oxygens (including phenoxy) is 2. The smallest absolute Gasteiger partial charge is 0.356 e. The predicted molar refractivity (Wildman–Crippen MR) is 88.4 cm³/mol. The maximum Gasteiger partial charge on any atom is 0.356 e. The fraction of sp³-hybridized carbons (Fsp3) is 0.200. The lowest BCUT2D eigenvalue weighted by molar-refractivity contribution is 0.0691. The molecular weight excluding hydrogens is 362 g/mol. The van der Waals surface area contributed by atoms with Gasteiger partial charge in [0.05, 0.1) is 28.0 Å². The average molecular weight is 375 g/mol. The van der Waals surface area contributed by atoms with E-state index in [9.17, 15) is 9.18 Å². The second-order valence-corrected chi connectivity index (χ2v) is 5.43. The van der Waals surface area contributed by atoms with Crippen molar-refractivity contribution in [1.82, 2.24) is 4.98 Å². The van der Waals surface area contributed by atoms with Gasteiger partial charge < -0.3 is 20.3 Å². The Morgan fingerprint density at radius 1 is 1.38 bits per heavy atom. The molecule has 3 N–H and O–H groups in total. The molecule has 2 rings (SSSR count). The van der Waals surface area contributed by atoms with Gasteiger partial charge in [-0.2, -0.15) is 0 Å². The highest BCUT2D eigenvalue weighted by Gasteiger charge is 2.20. The van der Waals surface area contributed by atoms with E-state index in [0.29, 0.717) is 0 Å². The minimum absolute atomic E-state index is 0.0000539. The summed E-state index contributed by atoms with van der Waals surface area (Å²) in [7, 11) is 1.48. The lowest BCUT2D eigenvalue weighted by Crippen LogP contribution is -2.08. The second kappa shape index (κ2) is 7.65. The Kier molecular flexibility index (Phi) is 5.82. The van der Waals surface area contributed by atoms with Crippen LogP contribution in [0.15, 0.2) is 18.2 Å². The third-order valence-electron chi connectivity index (χ3n) is 3.05. The van der Waals surface area contributed by atoms with Crippen LogP contribution in [-0.2, 0) is 4.74 Å². The zero-order valence-electron chi connectivity index (χ0n) is 12.5. The molecule has 0 saturated carbocycles. The molecule has 1 aromatic heterocycles. The van der Waals surface area contributed by atoms with Crippen LogP contribution in [0.5, 0.6) is 5.75 Å². The molecule has 0 saturated heterocycles. The van der Waals surface area contributed by atoms with E-state index in [2.05, 4.69) is 4.98 Å². The molecule has 0 aliphatic carbocycles. The number of hydrogen-bond acceptors (Lipinski definition) is 5. The average Bonchev–Trinajstić information content (AvgIpc) is 2.53. The molecule has 0 fully saturated rings. The van der Waals surface area contributed by atoms with Crippen LogP contribution in [-0.4, -0.2) is 36.4 Å². The SMILES string of the molecule is COCCOc1c(Cl)ccc(-c2cc(N)c(Cl)c(C(=O)O)n2)c1F. The fourth-order valence-corrected chi connectivity index (χ4v) is 2.30. The summed E-state index contributed by atoms with van der Waals surface area (Å²) >= 11 is 11.7. The quantitative estimate of drug-likeness (QED) is 0.751. The first-order chi connectivity index (χ1) is 11.4. The standard InChI is InChI=1S/C15H13Cl2FN2O4/c1-23-4-5-24-14-8(16)3-2-7(12(14)18)10-6-9(19)11(17)13(20-10)15(21)22/h2-3,6H,4-5H2,1H3,(H2,19,20)(H,21,22). The normalized spacial score (nSPS) is 10.7. The molecule has 1 aromatic carbocycles. The summed E-state index contributed by atoms with van der Waals surface area (Å²) in [6.45, 7) is 0.336. The van der Waals surface area contributed by atoms with Crippen LogP contribution in [0.3, 0.4) is 0 Å². The van der Waals surface area contributed by atoms with Gasteiger partial charge >= 0.3 is 5.97 Å². The van der Waals surface area contributed by atoms with Gasteiger partial charge in [0.25, 0.3) is 0 Å². The van der Waals surface area contributed by atoms with Gasteiger partial charge in [0.2, 0.25) is 0 Å². The van der Waals surface area contributed by atoms with Crippen molar-refractivity contribution in [2.45, 2.75) is 0 Å². The number of rotatable bonds is 6. The van der Waals surface area contributed by atoms with Crippen molar-refractivity contribution >= 4 is 34.9 Å². The number of carboxylic acids is 1. The largest absolute Gasteiger partial charge is 0.487 e. The van der Waals surface area contributed by atoms with E-state index in [4.69, 9.17) is 43.5 Å². The fourth-order valence-electron chi connectivity index (χ4n) is 1.92. The lowest BCUT2D eigenvalue weighted by atomic mass is 10.1. The number of carbonyl (C=O) groups is 1. The molecule has 9 heteroatoms. The van der Waals surface area contributed by atoms with E-state index in [-0.39, 0.29) is 46.0 Å². The highest BCUT2D eigenvalue weighted by molar-refractivity contribution is 6.35. The zero-order chi connectivity index (χ0) is 17.9. The van der Waals surface area contributed by atoms with Gasteiger partial charge in [-0.25, -0.2) is 14.2 Å². The van der Waals surface area contributed by atoms with E-state index in [0.717, 1.165) is 0 Å². The minimum atomic E-state index is -1.38. The van der Waals surface area contributed by atoms with Crippen molar-refractivity contribution in [2.24, 2.45) is 0 Å². The number of benzene rings is 1. The van der Waals surface area contributed by atoms with Crippen molar-refractivity contribution in [1.29, 1.82) is 0 Å². The van der Waals surface area contributed by atoms with Crippen molar-refractivity contribution in [3.63, 3.8) is 0 Å². The molecule has 0 bridgehead atoms. The van der Waals surface area contributed by atoms with Crippen molar-refractivity contribution in [2.75, 3.05) is 26.1 Å². The molecule has 0 aliphatic heterocycles. The van der Waals surface area contributed by atoms with E-state index >= 15 is 0 Å². The van der Waals surface area contributed by atoms with Crippen molar-refractivity contribution in [3.8, 4) is 17.0 Å². The van der Waals surface area contributed by atoms with E-state index in [1.165, 1.54) is 25.3 Å². The molecule has 0 atom stereocenters. The summed E-state index contributed by atoms with van der Waals surface area (Å²) in [4.78, 5) is 15.0. The predicted octanol–water partition coefficient (Wildman–Crippen LogP) is 3.50. The van der Waals surface area contributed by atoms with Gasteiger partial charge in [0, 0.05) is 12.7 Å². The van der Waals surface area contributed by atoms with Crippen LogP contribution in [0, 0.1) is 5.82 Å². The Morgan fingerprint density at radius 2 is 2.08 bits per heavy atom. The second-order valence-electron chi connectivity index (χ2n) is 4.64. The Balaban J connectivity index is 2.53. The molecule has 0 radical (unpaired) electrons. The number of hydrogen-bond donors (Lipinski definition) is 2. The molecule has 24 heavy (non-hydrogen) atoms. The van der Waals surface area contributed by atoms with Gasteiger partial charge in [-0.1, -0.05) is 23.2 Å². The van der Waals surface area contributed by atoms with Gasteiger partial charge in [-0.15, -0.1) is 0 Å². The summed E-state index contributed by atoms with van der Waals surface area (Å²) in [5.41, 5.74) is 5.16. The maximum absolute atomic E-state index is 14.7. The third-order valence-corrected chi connectivity index (χ3v) is 3.74. The first-order valence-corrected chi connectivity index (χ1v) is 7.41. The van der Waals surface area contributed by atoms with Crippen LogP contribution in [0.4, 0.5) is 10.1 Å².